The van der Waals surface area contributed by atoms with Crippen molar-refractivity contribution >= 4 is 35.0 Å². The monoisotopic (exact) mass is 319 g/mol. The number of carbonyl (C=O) groups is 1. The molecule has 0 radical (unpaired) electrons. The summed E-state index contributed by atoms with van der Waals surface area (Å²) in [5.74, 6) is 0.845. The first-order valence-corrected chi connectivity index (χ1v) is 8.21. The van der Waals surface area contributed by atoms with E-state index < -0.39 is 0 Å². The van der Waals surface area contributed by atoms with Crippen molar-refractivity contribution in [3.63, 3.8) is 0 Å². The van der Waals surface area contributed by atoms with Crippen LogP contribution in [0, 0.1) is 6.92 Å². The van der Waals surface area contributed by atoms with Crippen LogP contribution in [0.3, 0.4) is 0 Å². The lowest BCUT2D eigenvalue weighted by Gasteiger charge is -2.13. The molecule has 2 rings (SSSR count). The zero-order valence-electron chi connectivity index (χ0n) is 12.1. The molecule has 1 amide bonds. The largest absolute Gasteiger partial charge is 0.325 e. The molecule has 0 unspecified atom stereocenters. The van der Waals surface area contributed by atoms with E-state index in [0.717, 1.165) is 11.4 Å². The van der Waals surface area contributed by atoms with Crippen LogP contribution in [0.1, 0.15) is 18.1 Å². The van der Waals surface area contributed by atoms with Crippen molar-refractivity contribution in [2.75, 3.05) is 5.32 Å². The number of benzene rings is 2. The van der Waals surface area contributed by atoms with E-state index in [1.54, 1.807) is 36.0 Å². The molecule has 0 aliphatic rings. The summed E-state index contributed by atoms with van der Waals surface area (Å²) in [7, 11) is 0. The molecular weight excluding hydrogens is 302 g/mol. The summed E-state index contributed by atoms with van der Waals surface area (Å²) in [6.07, 6.45) is 0. The van der Waals surface area contributed by atoms with Gasteiger partial charge in [0.2, 0.25) is 5.91 Å². The molecule has 2 aromatic carbocycles. The topological polar surface area (TPSA) is 29.1 Å². The van der Waals surface area contributed by atoms with Crippen molar-refractivity contribution in [2.24, 2.45) is 0 Å². The maximum Gasteiger partial charge on any atom is 0.237 e. The number of thioether (sulfide) groups is 1. The number of amides is 1. The Hall–Kier alpha value is -1.45. The third kappa shape index (κ3) is 4.80. The van der Waals surface area contributed by atoms with Gasteiger partial charge in [-0.3, -0.25) is 4.79 Å². The normalized spacial score (nSPS) is 12.0. The van der Waals surface area contributed by atoms with Gasteiger partial charge in [0.05, 0.1) is 5.25 Å². The quantitative estimate of drug-likeness (QED) is 0.848. The molecule has 110 valence electrons. The highest BCUT2D eigenvalue weighted by Crippen LogP contribution is 2.21. The second kappa shape index (κ2) is 7.53. The third-order valence-corrected chi connectivity index (χ3v) is 4.67. The molecule has 1 atom stereocenters. The van der Waals surface area contributed by atoms with Crippen molar-refractivity contribution in [1.82, 2.24) is 0 Å². The maximum absolute atomic E-state index is 12.1. The van der Waals surface area contributed by atoms with Crippen molar-refractivity contribution in [2.45, 2.75) is 24.9 Å². The van der Waals surface area contributed by atoms with Crippen LogP contribution in [0.2, 0.25) is 5.02 Å². The Morgan fingerprint density at radius 2 is 1.86 bits per heavy atom. The molecule has 0 aliphatic carbocycles. The number of rotatable bonds is 5. The lowest BCUT2D eigenvalue weighted by atomic mass is 10.1. The van der Waals surface area contributed by atoms with Gasteiger partial charge in [-0.2, -0.15) is 0 Å². The van der Waals surface area contributed by atoms with E-state index in [9.17, 15) is 4.79 Å². The van der Waals surface area contributed by atoms with Gasteiger partial charge < -0.3 is 5.32 Å². The van der Waals surface area contributed by atoms with Gasteiger partial charge in [0, 0.05) is 16.5 Å². The summed E-state index contributed by atoms with van der Waals surface area (Å²) in [5.41, 5.74) is 3.30. The molecule has 1 N–H and O–H groups in total. The highest BCUT2D eigenvalue weighted by Gasteiger charge is 2.14. The Morgan fingerprint density at radius 1 is 1.19 bits per heavy atom. The minimum absolute atomic E-state index is 0.0101. The minimum Gasteiger partial charge on any atom is -0.325 e. The zero-order valence-corrected chi connectivity index (χ0v) is 13.7. The SMILES string of the molecule is Cc1ccccc1CS[C@H](C)C(=O)Nc1ccc(Cl)cc1. The first-order chi connectivity index (χ1) is 10.1. The summed E-state index contributed by atoms with van der Waals surface area (Å²) in [6, 6.07) is 15.4. The van der Waals surface area contributed by atoms with Crippen LogP contribution in [0.25, 0.3) is 0 Å². The van der Waals surface area contributed by atoms with Gasteiger partial charge in [-0.15, -0.1) is 11.8 Å². The lowest BCUT2D eigenvalue weighted by molar-refractivity contribution is -0.115. The standard InChI is InChI=1S/C17H18ClNOS/c1-12-5-3-4-6-14(12)11-21-13(2)17(20)19-16-9-7-15(18)8-10-16/h3-10,13H,11H2,1-2H3,(H,19,20)/t13-/m1/s1. The molecule has 0 saturated carbocycles. The van der Waals surface area contributed by atoms with E-state index in [1.165, 1.54) is 11.1 Å². The molecule has 4 heteroatoms. The van der Waals surface area contributed by atoms with Gasteiger partial charge in [-0.25, -0.2) is 0 Å². The predicted octanol–water partition coefficient (Wildman–Crippen LogP) is 4.91. The molecule has 0 saturated heterocycles. The van der Waals surface area contributed by atoms with E-state index >= 15 is 0 Å². The van der Waals surface area contributed by atoms with Gasteiger partial charge in [-0.1, -0.05) is 35.9 Å². The molecule has 0 fully saturated rings. The summed E-state index contributed by atoms with van der Waals surface area (Å²) in [5, 5.41) is 3.45. The number of aryl methyl sites for hydroxylation is 1. The van der Waals surface area contributed by atoms with Crippen LogP contribution < -0.4 is 5.32 Å². The van der Waals surface area contributed by atoms with Crippen LogP contribution >= 0.6 is 23.4 Å². The second-order valence-electron chi connectivity index (χ2n) is 4.88. The van der Waals surface area contributed by atoms with Crippen LogP contribution in [0.5, 0.6) is 0 Å². The zero-order chi connectivity index (χ0) is 15.2. The van der Waals surface area contributed by atoms with Crippen molar-refractivity contribution in [1.29, 1.82) is 0 Å². The fraction of sp³-hybridized carbons (Fsp3) is 0.235. The van der Waals surface area contributed by atoms with E-state index in [2.05, 4.69) is 24.4 Å². The molecule has 21 heavy (non-hydrogen) atoms. The fourth-order valence-corrected chi connectivity index (χ4v) is 2.93. The lowest BCUT2D eigenvalue weighted by Crippen LogP contribution is -2.22. The number of carbonyl (C=O) groups excluding carboxylic acids is 1. The summed E-state index contributed by atoms with van der Waals surface area (Å²) in [4.78, 5) is 12.1. The number of halogens is 1. The van der Waals surface area contributed by atoms with Crippen LogP contribution in [0.4, 0.5) is 5.69 Å². The van der Waals surface area contributed by atoms with E-state index in [1.807, 2.05) is 19.1 Å². The highest BCUT2D eigenvalue weighted by molar-refractivity contribution is 7.99. The molecule has 0 spiro atoms. The number of anilines is 1. The highest BCUT2D eigenvalue weighted by atomic mass is 35.5. The Bertz CT molecular complexity index is 612. The third-order valence-electron chi connectivity index (χ3n) is 3.23. The van der Waals surface area contributed by atoms with E-state index in [4.69, 9.17) is 11.6 Å². The number of hydrogen-bond acceptors (Lipinski definition) is 2. The molecule has 0 bridgehead atoms. The average molecular weight is 320 g/mol. The average Bonchev–Trinajstić information content (AvgIpc) is 2.48. The molecule has 2 aromatic rings. The first kappa shape index (κ1) is 15.9. The van der Waals surface area contributed by atoms with Gasteiger partial charge in [-0.05, 0) is 49.2 Å². The van der Waals surface area contributed by atoms with Gasteiger partial charge >= 0.3 is 0 Å². The van der Waals surface area contributed by atoms with E-state index in [-0.39, 0.29) is 11.2 Å². The van der Waals surface area contributed by atoms with Crippen LogP contribution in [-0.4, -0.2) is 11.2 Å². The maximum atomic E-state index is 12.1. The number of nitrogens with one attached hydrogen (secondary N) is 1. The van der Waals surface area contributed by atoms with Crippen molar-refractivity contribution < 1.29 is 4.79 Å². The Morgan fingerprint density at radius 3 is 2.52 bits per heavy atom. The summed E-state index contributed by atoms with van der Waals surface area (Å²) in [6.45, 7) is 4.02. The molecular formula is C17H18ClNOS. The van der Waals surface area contributed by atoms with Gasteiger partial charge in [0.25, 0.3) is 0 Å². The van der Waals surface area contributed by atoms with Crippen LogP contribution in [0.15, 0.2) is 48.5 Å². The Balaban J connectivity index is 1.88. The summed E-state index contributed by atoms with van der Waals surface area (Å²) < 4.78 is 0. The Labute approximate surface area is 134 Å². The molecule has 0 aliphatic heterocycles. The van der Waals surface area contributed by atoms with Gasteiger partial charge in [0.1, 0.15) is 0 Å². The van der Waals surface area contributed by atoms with Crippen molar-refractivity contribution in [3.05, 3.63) is 64.7 Å². The first-order valence-electron chi connectivity index (χ1n) is 6.79. The van der Waals surface area contributed by atoms with E-state index in [0.29, 0.717) is 5.02 Å². The smallest absolute Gasteiger partial charge is 0.237 e. The Kier molecular flexibility index (Phi) is 5.71. The molecule has 2 nitrogen and oxygen atoms in total. The molecule has 0 aromatic heterocycles. The fourth-order valence-electron chi connectivity index (χ4n) is 1.84. The second-order valence-corrected chi connectivity index (χ2v) is 6.64. The van der Waals surface area contributed by atoms with Gasteiger partial charge in [0.15, 0.2) is 0 Å². The summed E-state index contributed by atoms with van der Waals surface area (Å²) >= 11 is 7.46. The minimum atomic E-state index is -0.111. The van der Waals surface area contributed by atoms with Crippen molar-refractivity contribution in [3.8, 4) is 0 Å². The number of hydrogen-bond donors (Lipinski definition) is 1. The van der Waals surface area contributed by atoms with Crippen LogP contribution in [-0.2, 0) is 10.5 Å². The predicted molar refractivity (Wildman–Crippen MR) is 92.0 cm³/mol. The molecule has 0 heterocycles.